The van der Waals surface area contributed by atoms with Crippen LogP contribution in [0.4, 0.5) is 13.2 Å². The number of rotatable bonds is 2. The molecule has 0 radical (unpaired) electrons. The monoisotopic (exact) mass is 245 g/mol. The van der Waals surface area contributed by atoms with Crippen molar-refractivity contribution in [3.8, 4) is 0 Å². The number of aromatic nitrogens is 1. The summed E-state index contributed by atoms with van der Waals surface area (Å²) in [5.41, 5.74) is -0.820. The molecule has 0 spiro atoms. The molecule has 1 aromatic rings. The van der Waals surface area contributed by atoms with Crippen LogP contribution in [0.5, 0.6) is 0 Å². The molecule has 1 aromatic heterocycles. The van der Waals surface area contributed by atoms with Gasteiger partial charge in [-0.25, -0.2) is 9.78 Å². The lowest BCUT2D eigenvalue weighted by Gasteiger charge is -2.09. The normalized spacial score (nSPS) is 15.8. The number of hydrogen-bond acceptors (Lipinski definition) is 3. The molecule has 6 heteroatoms. The minimum Gasteiger partial charge on any atom is -0.465 e. The van der Waals surface area contributed by atoms with Crippen molar-refractivity contribution in [3.63, 3.8) is 0 Å². The van der Waals surface area contributed by atoms with Gasteiger partial charge in [0.25, 0.3) is 0 Å². The molecule has 2 rings (SSSR count). The molecule has 1 fully saturated rings. The van der Waals surface area contributed by atoms with Crippen LogP contribution in [-0.2, 0) is 10.9 Å². The third-order valence-corrected chi connectivity index (χ3v) is 2.55. The van der Waals surface area contributed by atoms with E-state index < -0.39 is 17.8 Å². The van der Waals surface area contributed by atoms with Crippen LogP contribution < -0.4 is 0 Å². The van der Waals surface area contributed by atoms with E-state index in [0.29, 0.717) is 5.69 Å². The maximum atomic E-state index is 12.6. The Labute approximate surface area is 95.6 Å². The van der Waals surface area contributed by atoms with E-state index >= 15 is 0 Å². The first kappa shape index (κ1) is 11.9. The Balaban J connectivity index is 2.46. The maximum Gasteiger partial charge on any atom is 0.433 e. The van der Waals surface area contributed by atoms with Crippen molar-refractivity contribution in [1.82, 2.24) is 4.98 Å². The average molecular weight is 245 g/mol. The first-order chi connectivity index (χ1) is 7.91. The fourth-order valence-electron chi connectivity index (χ4n) is 1.52. The van der Waals surface area contributed by atoms with Crippen LogP contribution in [0.1, 0.15) is 40.5 Å². The van der Waals surface area contributed by atoms with Crippen molar-refractivity contribution in [2.75, 3.05) is 7.11 Å². The summed E-state index contributed by atoms with van der Waals surface area (Å²) in [5, 5.41) is 0. The molecular formula is C11H10F3NO2. The third-order valence-electron chi connectivity index (χ3n) is 2.55. The van der Waals surface area contributed by atoms with Crippen molar-refractivity contribution in [2.24, 2.45) is 0 Å². The molecule has 0 N–H and O–H groups in total. The first-order valence-corrected chi connectivity index (χ1v) is 5.09. The molecule has 92 valence electrons. The molecule has 0 bridgehead atoms. The number of hydrogen-bond donors (Lipinski definition) is 0. The summed E-state index contributed by atoms with van der Waals surface area (Å²) in [7, 11) is 1.13. The predicted octanol–water partition coefficient (Wildman–Crippen LogP) is 2.76. The Morgan fingerprint density at radius 3 is 2.53 bits per heavy atom. The average Bonchev–Trinajstić information content (AvgIpc) is 3.10. The molecule has 1 aliphatic carbocycles. The van der Waals surface area contributed by atoms with E-state index in [0.717, 1.165) is 26.0 Å². The zero-order valence-corrected chi connectivity index (χ0v) is 9.04. The highest BCUT2D eigenvalue weighted by Crippen LogP contribution is 2.40. The fourth-order valence-corrected chi connectivity index (χ4v) is 1.52. The standard InChI is InChI=1S/C11H10F3NO2/c1-17-10(16)7-4-8(6-2-3-6)15-9(5-7)11(12,13)14/h4-6H,2-3H2,1H3. The van der Waals surface area contributed by atoms with Gasteiger partial charge in [0.1, 0.15) is 5.69 Å². The highest BCUT2D eigenvalue weighted by molar-refractivity contribution is 5.89. The molecular weight excluding hydrogens is 235 g/mol. The number of esters is 1. The van der Waals surface area contributed by atoms with Gasteiger partial charge < -0.3 is 4.74 Å². The Hall–Kier alpha value is -1.59. The number of carbonyl (C=O) groups excluding carboxylic acids is 1. The zero-order chi connectivity index (χ0) is 12.6. The number of ether oxygens (including phenoxy) is 1. The zero-order valence-electron chi connectivity index (χ0n) is 9.04. The quantitative estimate of drug-likeness (QED) is 0.752. The molecule has 0 atom stereocenters. The smallest absolute Gasteiger partial charge is 0.433 e. The van der Waals surface area contributed by atoms with Gasteiger partial charge in [-0.2, -0.15) is 13.2 Å². The summed E-state index contributed by atoms with van der Waals surface area (Å²) in [6.07, 6.45) is -2.92. The van der Waals surface area contributed by atoms with E-state index in [1.54, 1.807) is 0 Å². The number of alkyl halides is 3. The molecule has 0 aliphatic heterocycles. The number of methoxy groups -OCH3 is 1. The second-order valence-electron chi connectivity index (χ2n) is 3.93. The van der Waals surface area contributed by atoms with Gasteiger partial charge >= 0.3 is 12.1 Å². The van der Waals surface area contributed by atoms with Crippen molar-refractivity contribution >= 4 is 5.97 Å². The second-order valence-corrected chi connectivity index (χ2v) is 3.93. The van der Waals surface area contributed by atoms with E-state index in [9.17, 15) is 18.0 Å². The maximum absolute atomic E-state index is 12.6. The molecule has 0 unspecified atom stereocenters. The summed E-state index contributed by atoms with van der Waals surface area (Å²) < 4.78 is 42.2. The SMILES string of the molecule is COC(=O)c1cc(C2CC2)nc(C(F)(F)F)c1. The first-order valence-electron chi connectivity index (χ1n) is 5.09. The van der Waals surface area contributed by atoms with Gasteiger partial charge in [0.2, 0.25) is 0 Å². The molecule has 1 saturated carbocycles. The van der Waals surface area contributed by atoms with Crippen LogP contribution >= 0.6 is 0 Å². The van der Waals surface area contributed by atoms with Gasteiger partial charge in [0.15, 0.2) is 0 Å². The van der Waals surface area contributed by atoms with Gasteiger partial charge in [-0.1, -0.05) is 0 Å². The van der Waals surface area contributed by atoms with E-state index in [1.165, 1.54) is 6.07 Å². The Morgan fingerprint density at radius 1 is 1.41 bits per heavy atom. The number of nitrogens with zero attached hydrogens (tertiary/aromatic N) is 1. The lowest BCUT2D eigenvalue weighted by atomic mass is 10.1. The Kier molecular flexibility index (Phi) is 2.81. The summed E-state index contributed by atoms with van der Waals surface area (Å²) in [4.78, 5) is 14.8. The number of pyridine rings is 1. The van der Waals surface area contributed by atoms with Crippen molar-refractivity contribution < 1.29 is 22.7 Å². The Bertz CT molecular complexity index is 453. The number of carbonyl (C=O) groups is 1. The highest BCUT2D eigenvalue weighted by atomic mass is 19.4. The van der Waals surface area contributed by atoms with Crippen LogP contribution in [0.3, 0.4) is 0 Å². The van der Waals surface area contributed by atoms with Gasteiger partial charge in [0, 0.05) is 11.6 Å². The minimum absolute atomic E-state index is 0.0423. The van der Waals surface area contributed by atoms with Gasteiger partial charge in [-0.3, -0.25) is 0 Å². The topological polar surface area (TPSA) is 39.2 Å². The molecule has 1 aliphatic rings. The van der Waals surface area contributed by atoms with Gasteiger partial charge in [-0.15, -0.1) is 0 Å². The second kappa shape index (κ2) is 4.01. The van der Waals surface area contributed by atoms with E-state index in [4.69, 9.17) is 0 Å². The predicted molar refractivity (Wildman–Crippen MR) is 52.6 cm³/mol. The van der Waals surface area contributed by atoms with E-state index in [-0.39, 0.29) is 11.5 Å². The van der Waals surface area contributed by atoms with Crippen LogP contribution in [0.25, 0.3) is 0 Å². The van der Waals surface area contributed by atoms with Crippen LogP contribution in [0.15, 0.2) is 12.1 Å². The summed E-state index contributed by atoms with van der Waals surface area (Å²) in [5.74, 6) is -0.736. The van der Waals surface area contributed by atoms with Crippen LogP contribution in [0.2, 0.25) is 0 Å². The van der Waals surface area contributed by atoms with E-state index in [1.807, 2.05) is 0 Å². The van der Waals surface area contributed by atoms with E-state index in [2.05, 4.69) is 9.72 Å². The minimum atomic E-state index is -4.55. The molecule has 0 amide bonds. The third kappa shape index (κ3) is 2.57. The van der Waals surface area contributed by atoms with Crippen molar-refractivity contribution in [1.29, 1.82) is 0 Å². The largest absolute Gasteiger partial charge is 0.465 e. The summed E-state index contributed by atoms with van der Waals surface area (Å²) >= 11 is 0. The highest BCUT2D eigenvalue weighted by Gasteiger charge is 2.36. The number of halogens is 3. The Morgan fingerprint density at radius 2 is 2.06 bits per heavy atom. The lowest BCUT2D eigenvalue weighted by molar-refractivity contribution is -0.141. The van der Waals surface area contributed by atoms with Crippen LogP contribution in [-0.4, -0.2) is 18.1 Å². The molecule has 3 nitrogen and oxygen atoms in total. The molecule has 17 heavy (non-hydrogen) atoms. The fraction of sp³-hybridized carbons (Fsp3) is 0.455. The molecule has 0 aromatic carbocycles. The summed E-state index contributed by atoms with van der Waals surface area (Å²) in [6.45, 7) is 0. The van der Waals surface area contributed by atoms with Gasteiger partial charge in [-0.05, 0) is 25.0 Å². The van der Waals surface area contributed by atoms with Crippen LogP contribution in [0, 0.1) is 0 Å². The molecule has 1 heterocycles. The summed E-state index contributed by atoms with van der Waals surface area (Å²) in [6, 6.07) is 2.09. The van der Waals surface area contributed by atoms with Crippen molar-refractivity contribution in [2.45, 2.75) is 24.9 Å². The van der Waals surface area contributed by atoms with Crippen molar-refractivity contribution in [3.05, 3.63) is 29.1 Å². The van der Waals surface area contributed by atoms with Gasteiger partial charge in [0.05, 0.1) is 12.7 Å². The molecule has 0 saturated heterocycles. The lowest BCUT2D eigenvalue weighted by Crippen LogP contribution is -2.12.